The summed E-state index contributed by atoms with van der Waals surface area (Å²) in [6.45, 7) is 7.05. The summed E-state index contributed by atoms with van der Waals surface area (Å²) in [6.07, 6.45) is 5.39. The first-order chi connectivity index (χ1) is 11.3. The molecule has 7 heteroatoms. The minimum Gasteiger partial charge on any atom is -0.444 e. The Labute approximate surface area is 150 Å². The van der Waals surface area contributed by atoms with Crippen LogP contribution in [0.3, 0.4) is 0 Å². The number of likely N-dealkylation sites (tertiary alicyclic amines) is 1. The Bertz CT molecular complexity index is 738. The van der Waals surface area contributed by atoms with Crippen molar-refractivity contribution < 1.29 is 9.53 Å². The fourth-order valence-electron chi connectivity index (χ4n) is 2.92. The highest BCUT2D eigenvalue weighted by atomic mass is 79.9. The third kappa shape index (κ3) is 3.83. The first-order valence-electron chi connectivity index (χ1n) is 8.19. The minimum atomic E-state index is -0.469. The van der Waals surface area contributed by atoms with Gasteiger partial charge in [0.05, 0.1) is 10.2 Å². The number of halogens is 1. The van der Waals surface area contributed by atoms with E-state index in [9.17, 15) is 4.79 Å². The van der Waals surface area contributed by atoms with Gasteiger partial charge in [0.15, 0.2) is 0 Å². The molecule has 1 aliphatic heterocycles. The lowest BCUT2D eigenvalue weighted by atomic mass is 10.1. The van der Waals surface area contributed by atoms with E-state index >= 15 is 0 Å². The van der Waals surface area contributed by atoms with Crippen LogP contribution in [-0.4, -0.2) is 45.7 Å². The number of fused-ring (bicyclic) bond motifs is 1. The highest BCUT2D eigenvalue weighted by Gasteiger charge is 2.28. The van der Waals surface area contributed by atoms with Crippen molar-refractivity contribution in [3.05, 3.63) is 22.9 Å². The van der Waals surface area contributed by atoms with Gasteiger partial charge >= 0.3 is 6.09 Å². The lowest BCUT2D eigenvalue weighted by Gasteiger charge is -2.35. The molecule has 0 radical (unpaired) electrons. The molecule has 2 aromatic rings. The fraction of sp³-hybridized carbons (Fsp3) is 0.529. The van der Waals surface area contributed by atoms with Crippen LogP contribution in [0.1, 0.15) is 33.6 Å². The van der Waals surface area contributed by atoms with Crippen LogP contribution in [-0.2, 0) is 4.74 Å². The molecule has 0 aliphatic carbocycles. The molecule has 130 valence electrons. The molecular weight excluding hydrogens is 372 g/mol. The maximum atomic E-state index is 12.3. The van der Waals surface area contributed by atoms with Crippen molar-refractivity contribution in [1.82, 2.24) is 14.9 Å². The van der Waals surface area contributed by atoms with Gasteiger partial charge < -0.3 is 19.9 Å². The third-order valence-electron chi connectivity index (χ3n) is 3.96. The largest absolute Gasteiger partial charge is 0.444 e. The molecule has 0 aromatic carbocycles. The molecule has 1 fully saturated rings. The smallest absolute Gasteiger partial charge is 0.410 e. The molecule has 3 rings (SSSR count). The van der Waals surface area contributed by atoms with E-state index in [1.165, 1.54) is 0 Å². The van der Waals surface area contributed by atoms with Gasteiger partial charge in [-0.25, -0.2) is 9.78 Å². The zero-order valence-electron chi connectivity index (χ0n) is 14.2. The number of aromatic amines is 1. The predicted molar refractivity (Wildman–Crippen MR) is 98.2 cm³/mol. The first kappa shape index (κ1) is 17.1. The summed E-state index contributed by atoms with van der Waals surface area (Å²) in [5.41, 5.74) is 1.39. The fourth-order valence-corrected chi connectivity index (χ4v) is 3.35. The number of piperidine rings is 1. The molecule has 6 nitrogen and oxygen atoms in total. The van der Waals surface area contributed by atoms with E-state index in [1.807, 2.05) is 33.0 Å². The number of amides is 1. The van der Waals surface area contributed by atoms with Crippen molar-refractivity contribution in [2.45, 2.75) is 45.3 Å². The molecular formula is C17H23BrN4O2. The molecule has 0 unspecified atom stereocenters. The molecule has 0 saturated carbocycles. The number of hydrogen-bond donors (Lipinski definition) is 2. The molecule has 2 aromatic heterocycles. The highest BCUT2D eigenvalue weighted by molar-refractivity contribution is 9.10. The number of nitrogens with zero attached hydrogens (tertiary/aromatic N) is 2. The van der Waals surface area contributed by atoms with Crippen molar-refractivity contribution >= 4 is 38.7 Å². The topological polar surface area (TPSA) is 70.2 Å². The maximum absolute atomic E-state index is 12.3. The lowest BCUT2D eigenvalue weighted by Crippen LogP contribution is -2.47. The third-order valence-corrected chi connectivity index (χ3v) is 4.56. The SMILES string of the molecule is CC(C)(C)OC(=O)N1CCC[C@@H](Nc2c(Br)cnc3[nH]ccc23)C1. The van der Waals surface area contributed by atoms with E-state index in [2.05, 4.69) is 31.2 Å². The number of carbonyl (C=O) groups is 1. The zero-order valence-corrected chi connectivity index (χ0v) is 15.8. The van der Waals surface area contributed by atoms with Gasteiger partial charge in [0.25, 0.3) is 0 Å². The standard InChI is InChI=1S/C17H23BrN4O2/c1-17(2,3)24-16(23)22-8-4-5-11(10-22)21-14-12-6-7-19-15(12)20-9-13(14)18/h6-7,9,11H,4-5,8,10H2,1-3H3,(H2,19,20,21)/t11-/m1/s1. The van der Waals surface area contributed by atoms with Crippen LogP contribution >= 0.6 is 15.9 Å². The van der Waals surface area contributed by atoms with Gasteiger partial charge in [-0.15, -0.1) is 0 Å². The van der Waals surface area contributed by atoms with Gasteiger partial charge in [-0.1, -0.05) is 0 Å². The van der Waals surface area contributed by atoms with E-state index in [0.29, 0.717) is 6.54 Å². The summed E-state index contributed by atoms with van der Waals surface area (Å²) >= 11 is 3.57. The van der Waals surface area contributed by atoms with Gasteiger partial charge in [-0.05, 0) is 55.6 Å². The molecule has 24 heavy (non-hydrogen) atoms. The van der Waals surface area contributed by atoms with E-state index in [0.717, 1.165) is 40.6 Å². The predicted octanol–water partition coefficient (Wildman–Crippen LogP) is 4.14. The second kappa shape index (κ2) is 6.63. The molecule has 1 saturated heterocycles. The van der Waals surface area contributed by atoms with Crippen molar-refractivity contribution in [3.8, 4) is 0 Å². The van der Waals surface area contributed by atoms with Gasteiger partial charge in [0, 0.05) is 36.9 Å². The second-order valence-corrected chi connectivity index (χ2v) is 7.99. The van der Waals surface area contributed by atoms with Crippen LogP contribution in [0.5, 0.6) is 0 Å². The van der Waals surface area contributed by atoms with Crippen molar-refractivity contribution in [3.63, 3.8) is 0 Å². The first-order valence-corrected chi connectivity index (χ1v) is 8.99. The highest BCUT2D eigenvalue weighted by Crippen LogP contribution is 2.31. The van der Waals surface area contributed by atoms with E-state index in [-0.39, 0.29) is 12.1 Å². The Kier molecular flexibility index (Phi) is 4.71. The van der Waals surface area contributed by atoms with Crippen LogP contribution in [0.15, 0.2) is 22.9 Å². The number of anilines is 1. The number of rotatable bonds is 2. The summed E-state index contributed by atoms with van der Waals surface area (Å²) in [5.74, 6) is 0. The maximum Gasteiger partial charge on any atom is 0.410 e. The summed E-state index contributed by atoms with van der Waals surface area (Å²) in [7, 11) is 0. The molecule has 1 atom stereocenters. The van der Waals surface area contributed by atoms with Gasteiger partial charge in [0.2, 0.25) is 0 Å². The van der Waals surface area contributed by atoms with Crippen LogP contribution in [0.4, 0.5) is 10.5 Å². The Hall–Kier alpha value is -1.76. The minimum absolute atomic E-state index is 0.183. The molecule has 2 N–H and O–H groups in total. The summed E-state index contributed by atoms with van der Waals surface area (Å²) in [6, 6.07) is 2.19. The lowest BCUT2D eigenvalue weighted by molar-refractivity contribution is 0.0206. The summed E-state index contributed by atoms with van der Waals surface area (Å²) in [5, 5.41) is 4.61. The number of H-pyrrole nitrogens is 1. The van der Waals surface area contributed by atoms with Gasteiger partial charge in [-0.2, -0.15) is 0 Å². The number of carbonyl (C=O) groups excluding carboxylic acids is 1. The summed E-state index contributed by atoms with van der Waals surface area (Å²) < 4.78 is 6.41. The summed E-state index contributed by atoms with van der Waals surface area (Å²) in [4.78, 5) is 21.6. The van der Waals surface area contributed by atoms with Crippen molar-refractivity contribution in [2.24, 2.45) is 0 Å². The van der Waals surface area contributed by atoms with Crippen LogP contribution in [0, 0.1) is 0 Å². The van der Waals surface area contributed by atoms with Crippen molar-refractivity contribution in [1.29, 1.82) is 0 Å². The number of pyridine rings is 1. The molecule has 0 bridgehead atoms. The van der Waals surface area contributed by atoms with E-state index < -0.39 is 5.60 Å². The monoisotopic (exact) mass is 394 g/mol. The van der Waals surface area contributed by atoms with Gasteiger partial charge in [-0.3, -0.25) is 0 Å². The number of nitrogens with one attached hydrogen (secondary N) is 2. The zero-order chi connectivity index (χ0) is 17.3. The average Bonchev–Trinajstić information content (AvgIpc) is 2.97. The molecule has 3 heterocycles. The van der Waals surface area contributed by atoms with Crippen LogP contribution in [0.2, 0.25) is 0 Å². The Morgan fingerprint density at radius 1 is 1.50 bits per heavy atom. The number of ether oxygens (including phenoxy) is 1. The van der Waals surface area contributed by atoms with Gasteiger partial charge in [0.1, 0.15) is 11.2 Å². The second-order valence-electron chi connectivity index (χ2n) is 7.13. The van der Waals surface area contributed by atoms with E-state index in [1.54, 1.807) is 11.1 Å². The Balaban J connectivity index is 1.72. The van der Waals surface area contributed by atoms with Crippen LogP contribution in [0.25, 0.3) is 11.0 Å². The normalized spacial score (nSPS) is 18.7. The average molecular weight is 395 g/mol. The number of aromatic nitrogens is 2. The Morgan fingerprint density at radius 3 is 3.04 bits per heavy atom. The molecule has 0 spiro atoms. The number of hydrogen-bond acceptors (Lipinski definition) is 4. The quantitative estimate of drug-likeness (QED) is 0.802. The molecule has 1 aliphatic rings. The van der Waals surface area contributed by atoms with Crippen LogP contribution < -0.4 is 5.32 Å². The van der Waals surface area contributed by atoms with E-state index in [4.69, 9.17) is 4.74 Å². The van der Waals surface area contributed by atoms with Crippen molar-refractivity contribution in [2.75, 3.05) is 18.4 Å². The molecule has 1 amide bonds. The Morgan fingerprint density at radius 2 is 2.29 bits per heavy atom.